The van der Waals surface area contributed by atoms with E-state index in [1.54, 1.807) is 42.5 Å². The minimum atomic E-state index is -3.43. The molecule has 1 aromatic heterocycles. The van der Waals surface area contributed by atoms with Gasteiger partial charge in [0.05, 0.1) is 40.5 Å². The molecule has 1 N–H and O–H groups in total. The van der Waals surface area contributed by atoms with Crippen LogP contribution in [-0.4, -0.2) is 28.5 Å². The summed E-state index contributed by atoms with van der Waals surface area (Å²) in [4.78, 5) is 14.3. The van der Waals surface area contributed by atoms with Gasteiger partial charge < -0.3 is 14.8 Å². The number of ether oxygens (including phenoxy) is 2. The van der Waals surface area contributed by atoms with Crippen molar-refractivity contribution in [2.45, 2.75) is 10.6 Å². The van der Waals surface area contributed by atoms with Crippen molar-refractivity contribution in [1.82, 2.24) is 0 Å². The van der Waals surface area contributed by atoms with Gasteiger partial charge in [0.2, 0.25) is 0 Å². The Morgan fingerprint density at radius 1 is 1.10 bits per heavy atom. The third-order valence-electron chi connectivity index (χ3n) is 4.57. The number of sulfone groups is 1. The summed E-state index contributed by atoms with van der Waals surface area (Å²) in [5.41, 5.74) is 1.64. The highest BCUT2D eigenvalue weighted by Gasteiger charge is 2.30. The smallest absolute Gasteiger partial charge is 0.265 e. The molecule has 0 unspecified atom stereocenters. The Kier molecular flexibility index (Phi) is 5.02. The maximum atomic E-state index is 12.9. The molecule has 2 heterocycles. The average Bonchev–Trinajstić information content (AvgIpc) is 3.12. The molecule has 1 aliphatic heterocycles. The molecule has 150 valence electrons. The molecular weight excluding hydrogens is 434 g/mol. The monoisotopic (exact) mass is 449 g/mol. The lowest BCUT2D eigenvalue weighted by Crippen LogP contribution is -2.12. The highest BCUT2D eigenvalue weighted by molar-refractivity contribution is 7.91. The lowest BCUT2D eigenvalue weighted by atomic mass is 10.1. The fraction of sp³-hybridized carbons (Fsp3) is 0.150. The van der Waals surface area contributed by atoms with Crippen LogP contribution in [0.3, 0.4) is 0 Å². The van der Waals surface area contributed by atoms with Gasteiger partial charge >= 0.3 is 0 Å². The second kappa shape index (κ2) is 7.37. The Balaban J connectivity index is 1.70. The molecule has 0 saturated carbocycles. The Labute approximate surface area is 177 Å². The molecule has 2 aromatic carbocycles. The van der Waals surface area contributed by atoms with Gasteiger partial charge in [-0.2, -0.15) is 0 Å². The van der Waals surface area contributed by atoms with Crippen LogP contribution in [0.1, 0.15) is 15.2 Å². The molecule has 4 rings (SSSR count). The van der Waals surface area contributed by atoms with Gasteiger partial charge in [-0.15, -0.1) is 11.3 Å². The van der Waals surface area contributed by atoms with Crippen molar-refractivity contribution in [3.8, 4) is 21.9 Å². The third-order valence-corrected chi connectivity index (χ3v) is 7.79. The van der Waals surface area contributed by atoms with Gasteiger partial charge in [-0.05, 0) is 23.8 Å². The molecular formula is C20H16ClNO5S2. The number of hydrogen-bond donors (Lipinski definition) is 1. The summed E-state index contributed by atoms with van der Waals surface area (Å²) in [7, 11) is -0.464. The summed E-state index contributed by atoms with van der Waals surface area (Å²) in [6, 6.07) is 11.6. The molecule has 0 fully saturated rings. The van der Waals surface area contributed by atoms with Crippen LogP contribution in [0.2, 0.25) is 5.02 Å². The first kappa shape index (κ1) is 19.8. The molecule has 3 aromatic rings. The molecule has 1 amide bonds. The van der Waals surface area contributed by atoms with E-state index >= 15 is 0 Å². The second-order valence-electron chi connectivity index (χ2n) is 6.36. The first-order valence-corrected chi connectivity index (χ1v) is 11.4. The summed E-state index contributed by atoms with van der Waals surface area (Å²) < 4.78 is 35.6. The third kappa shape index (κ3) is 3.48. The number of fused-ring (bicyclic) bond motifs is 3. The molecule has 0 bridgehead atoms. The number of nitrogens with one attached hydrogen (secondary N) is 1. The van der Waals surface area contributed by atoms with Gasteiger partial charge in [0.25, 0.3) is 5.91 Å². The van der Waals surface area contributed by atoms with E-state index in [4.69, 9.17) is 21.1 Å². The molecule has 29 heavy (non-hydrogen) atoms. The molecule has 0 atom stereocenters. The summed E-state index contributed by atoms with van der Waals surface area (Å²) >= 11 is 7.42. The normalized spacial score (nSPS) is 13.9. The maximum absolute atomic E-state index is 12.9. The van der Waals surface area contributed by atoms with Crippen molar-refractivity contribution >= 4 is 44.4 Å². The van der Waals surface area contributed by atoms with Crippen molar-refractivity contribution in [1.29, 1.82) is 0 Å². The lowest BCUT2D eigenvalue weighted by molar-refractivity contribution is 0.103. The van der Waals surface area contributed by atoms with Crippen molar-refractivity contribution in [2.75, 3.05) is 19.5 Å². The fourth-order valence-corrected chi connectivity index (χ4v) is 6.32. The van der Waals surface area contributed by atoms with E-state index in [9.17, 15) is 13.2 Å². The quantitative estimate of drug-likeness (QED) is 0.628. The van der Waals surface area contributed by atoms with E-state index in [0.717, 1.165) is 4.88 Å². The van der Waals surface area contributed by atoms with E-state index in [1.807, 2.05) is 0 Å². The van der Waals surface area contributed by atoms with Crippen molar-refractivity contribution in [2.24, 2.45) is 0 Å². The van der Waals surface area contributed by atoms with Gasteiger partial charge in [0, 0.05) is 16.5 Å². The Morgan fingerprint density at radius 3 is 2.55 bits per heavy atom. The fourth-order valence-electron chi connectivity index (χ4n) is 3.23. The molecule has 0 radical (unpaired) electrons. The molecule has 0 saturated heterocycles. The Bertz CT molecular complexity index is 1230. The maximum Gasteiger partial charge on any atom is 0.265 e. The van der Waals surface area contributed by atoms with Crippen LogP contribution < -0.4 is 14.8 Å². The summed E-state index contributed by atoms with van der Waals surface area (Å²) in [5.74, 6) is 0.323. The Hall–Kier alpha value is -2.55. The number of thiophene rings is 1. The Morgan fingerprint density at radius 2 is 1.83 bits per heavy atom. The molecule has 1 aliphatic rings. The number of methoxy groups -OCH3 is 2. The van der Waals surface area contributed by atoms with Gasteiger partial charge in [-0.25, -0.2) is 8.42 Å². The SMILES string of the molecule is COc1cc(OC)c(NC(=O)c2cc3c(s2)-c2ccccc2S(=O)(=O)C3)cc1Cl. The van der Waals surface area contributed by atoms with Crippen molar-refractivity contribution in [3.63, 3.8) is 0 Å². The van der Waals surface area contributed by atoms with Crippen LogP contribution in [0.15, 0.2) is 47.4 Å². The number of carbonyl (C=O) groups is 1. The predicted molar refractivity (Wildman–Crippen MR) is 113 cm³/mol. The number of halogens is 1. The number of hydrogen-bond acceptors (Lipinski definition) is 6. The number of amides is 1. The second-order valence-corrected chi connectivity index (χ2v) is 9.78. The highest BCUT2D eigenvalue weighted by Crippen LogP contribution is 2.43. The number of anilines is 1. The summed E-state index contributed by atoms with van der Waals surface area (Å²) in [6.45, 7) is 0. The first-order valence-electron chi connectivity index (χ1n) is 8.52. The number of carbonyl (C=O) groups excluding carboxylic acids is 1. The van der Waals surface area contributed by atoms with Gasteiger partial charge in [0.15, 0.2) is 9.84 Å². The molecule has 0 aliphatic carbocycles. The largest absolute Gasteiger partial charge is 0.495 e. The van der Waals surface area contributed by atoms with Crippen LogP contribution in [0.4, 0.5) is 5.69 Å². The summed E-state index contributed by atoms with van der Waals surface area (Å²) in [6.07, 6.45) is 0. The van der Waals surface area contributed by atoms with Gasteiger partial charge in [-0.3, -0.25) is 4.79 Å². The van der Waals surface area contributed by atoms with E-state index in [2.05, 4.69) is 5.32 Å². The zero-order valence-corrected chi connectivity index (χ0v) is 17.9. The minimum Gasteiger partial charge on any atom is -0.495 e. The van der Waals surface area contributed by atoms with Crippen LogP contribution in [0.5, 0.6) is 11.5 Å². The molecule has 9 heteroatoms. The van der Waals surface area contributed by atoms with Crippen LogP contribution in [0, 0.1) is 0 Å². The zero-order chi connectivity index (χ0) is 20.8. The standard InChI is InChI=1S/C20H16ClNO5S2/c1-26-15-9-16(27-2)14(8-13(15)21)22-20(23)17-7-11-10-29(24,25)18-6-4-3-5-12(18)19(11)28-17/h3-9H,10H2,1-2H3,(H,22,23). The van der Waals surface area contributed by atoms with E-state index in [1.165, 1.54) is 25.6 Å². The van der Waals surface area contributed by atoms with Crippen LogP contribution >= 0.6 is 22.9 Å². The lowest BCUT2D eigenvalue weighted by Gasteiger charge is -2.15. The number of benzene rings is 2. The van der Waals surface area contributed by atoms with E-state index < -0.39 is 9.84 Å². The first-order chi connectivity index (χ1) is 13.8. The van der Waals surface area contributed by atoms with Crippen molar-refractivity contribution in [3.05, 3.63) is 57.9 Å². The molecule has 6 nitrogen and oxygen atoms in total. The average molecular weight is 450 g/mol. The van der Waals surface area contributed by atoms with E-state index in [-0.39, 0.29) is 11.7 Å². The zero-order valence-electron chi connectivity index (χ0n) is 15.5. The van der Waals surface area contributed by atoms with E-state index in [0.29, 0.717) is 43.1 Å². The topological polar surface area (TPSA) is 81.7 Å². The van der Waals surface area contributed by atoms with Crippen LogP contribution in [-0.2, 0) is 15.6 Å². The number of rotatable bonds is 4. The van der Waals surface area contributed by atoms with Crippen LogP contribution in [0.25, 0.3) is 10.4 Å². The predicted octanol–water partition coefficient (Wildman–Crippen LogP) is 4.63. The molecule has 0 spiro atoms. The highest BCUT2D eigenvalue weighted by atomic mass is 35.5. The summed E-state index contributed by atoms with van der Waals surface area (Å²) in [5, 5.41) is 3.11. The van der Waals surface area contributed by atoms with Gasteiger partial charge in [0.1, 0.15) is 11.5 Å². The van der Waals surface area contributed by atoms with Crippen molar-refractivity contribution < 1.29 is 22.7 Å². The van der Waals surface area contributed by atoms with Gasteiger partial charge in [-0.1, -0.05) is 29.8 Å². The minimum absolute atomic E-state index is 0.124.